The molecular weight excluding hydrogens is 896 g/mol. The van der Waals surface area contributed by atoms with Crippen LogP contribution in [0.15, 0.2) is 60.7 Å². The summed E-state index contributed by atoms with van der Waals surface area (Å²) in [5, 5.41) is 126. The molecule has 4 aromatic carbocycles. The summed E-state index contributed by atoms with van der Waals surface area (Å²) in [7, 11) is 0. The Morgan fingerprint density at radius 3 is 1.36 bits per heavy atom. The Morgan fingerprint density at radius 2 is 0.955 bits per heavy atom. The van der Waals surface area contributed by atoms with Gasteiger partial charge in [-0.2, -0.15) is 0 Å². The van der Waals surface area contributed by atoms with E-state index >= 15 is 0 Å². The van der Waals surface area contributed by atoms with Crippen LogP contribution in [0.4, 0.5) is 0 Å². The molecule has 0 spiro atoms. The molecule has 23 heteroatoms. The van der Waals surface area contributed by atoms with E-state index in [1.165, 1.54) is 36.4 Å². The third kappa shape index (κ3) is 7.86. The van der Waals surface area contributed by atoms with E-state index in [1.807, 2.05) is 0 Å². The molecule has 2 fully saturated rings. The number of benzene rings is 4. The van der Waals surface area contributed by atoms with Gasteiger partial charge in [0.15, 0.2) is 0 Å². The van der Waals surface area contributed by atoms with Crippen molar-refractivity contribution in [1.82, 2.24) is 0 Å². The number of phenolic OH excluding ortho intramolecular Hbond substituents is 2. The van der Waals surface area contributed by atoms with Gasteiger partial charge in [-0.05, 0) is 58.7 Å². The molecule has 0 saturated carbocycles. The molecule has 12 atom stereocenters. The van der Waals surface area contributed by atoms with Gasteiger partial charge in [0.05, 0.1) is 40.0 Å². The van der Waals surface area contributed by atoms with E-state index in [0.717, 1.165) is 24.3 Å². The number of rotatable bonds is 10. The Balaban J connectivity index is 1.33. The molecule has 0 aromatic heterocycles. The van der Waals surface area contributed by atoms with Gasteiger partial charge in [0.2, 0.25) is 24.1 Å². The number of carbonyl (C=O) groups is 6. The summed E-state index contributed by atoms with van der Waals surface area (Å²) >= 11 is 0. The van der Waals surface area contributed by atoms with Crippen LogP contribution in [0.25, 0.3) is 0 Å². The van der Waals surface area contributed by atoms with E-state index in [0.29, 0.717) is 0 Å². The highest BCUT2D eigenvalue weighted by molar-refractivity contribution is 6.28. The van der Waals surface area contributed by atoms with Gasteiger partial charge in [0, 0.05) is 11.8 Å². The zero-order valence-corrected chi connectivity index (χ0v) is 34.0. The predicted molar refractivity (Wildman–Crippen MR) is 214 cm³/mol. The van der Waals surface area contributed by atoms with E-state index in [-0.39, 0.29) is 33.6 Å². The topological polar surface area (TPSA) is 391 Å². The summed E-state index contributed by atoms with van der Waals surface area (Å²) < 4.78 is 27.7. The summed E-state index contributed by atoms with van der Waals surface area (Å²) in [6.45, 7) is -1.82. The Bertz CT molecular complexity index is 2730. The number of esters is 1. The summed E-state index contributed by atoms with van der Waals surface area (Å²) in [4.78, 5) is 77.2. The zero-order valence-electron chi connectivity index (χ0n) is 34.0. The predicted octanol–water partition coefficient (Wildman–Crippen LogP) is -1.46. The third-order valence-corrected chi connectivity index (χ3v) is 12.0. The molecule has 2 heterocycles. The van der Waals surface area contributed by atoms with Crippen molar-refractivity contribution in [1.29, 1.82) is 0 Å². The number of phenols is 2. The van der Waals surface area contributed by atoms with Gasteiger partial charge in [-0.1, -0.05) is 24.3 Å². The fourth-order valence-electron chi connectivity index (χ4n) is 8.92. The minimum absolute atomic E-state index is 0.0498. The van der Waals surface area contributed by atoms with Crippen molar-refractivity contribution < 1.29 is 114 Å². The first-order chi connectivity index (χ1) is 31.7. The molecule has 12 N–H and O–H groups in total. The van der Waals surface area contributed by atoms with Crippen LogP contribution in [0, 0.1) is 0 Å². The monoisotopic (exact) mass is 934 g/mol. The fraction of sp³-hybridized carbons (Fsp3) is 0.318. The SMILES string of the molecule is O=C(O)C(=O)OC[C@H]1O[C@@H](Oc2cccc3c2C(=O)c2c(O)cc(C(=O)O)cc2[C@@H]3[C@@H]2c3cc(C(=O)O)cc(O)c3C(=O)c3c(O[C@@H]4O[C@H](CO)[C@@H](O)[C@H](O)[C@H]4O)cccc32)[C@H](O)[C@@H](O)[C@@H]1O. The lowest BCUT2D eigenvalue weighted by molar-refractivity contribution is -0.278. The maximum absolute atomic E-state index is 14.8. The molecule has 0 bridgehead atoms. The van der Waals surface area contributed by atoms with Crippen LogP contribution in [0.3, 0.4) is 0 Å². The number of carboxylic acids is 3. The molecule has 4 aromatic rings. The molecule has 2 aliphatic heterocycles. The van der Waals surface area contributed by atoms with Crippen LogP contribution in [0.1, 0.15) is 86.6 Å². The molecule has 352 valence electrons. The van der Waals surface area contributed by atoms with E-state index in [1.54, 1.807) is 0 Å². The highest BCUT2D eigenvalue weighted by Crippen LogP contribution is 2.56. The standard InChI is InChI=1S/C44H38O23/c45-11-23-31(48)35(52)37(54)43(66-23)64-21-5-1-3-15-25(17-7-13(39(56)57)9-19(46)27(17)33(50)29(15)21)26-16-4-2-6-22(30(16)34(51)28-18(26)8-14(40(58)59)10-20(28)47)65-44-38(55)36(53)32(49)24(67-44)12-63-42(62)41(60)61/h1-10,23-26,31-32,35-38,43-49,52-55H,11-12H2,(H,56,57)(H,58,59)(H,60,61)/t23-,24-,25+,26-,31-,32-,35+,36+,37-,38-,43-,44-/m1/s1. The second kappa shape index (κ2) is 17.6. The van der Waals surface area contributed by atoms with Gasteiger partial charge >= 0.3 is 23.9 Å². The van der Waals surface area contributed by atoms with Crippen molar-refractivity contribution in [2.45, 2.75) is 73.2 Å². The van der Waals surface area contributed by atoms with Crippen molar-refractivity contribution in [3.63, 3.8) is 0 Å². The largest absolute Gasteiger partial charge is 0.507 e. The quantitative estimate of drug-likeness (QED) is 0.0638. The summed E-state index contributed by atoms with van der Waals surface area (Å²) in [5.41, 5.74) is -3.47. The number of hydrogen-bond donors (Lipinski definition) is 12. The number of carbonyl (C=O) groups excluding carboxylic acids is 3. The average Bonchev–Trinajstić information content (AvgIpc) is 3.29. The Morgan fingerprint density at radius 1 is 0.537 bits per heavy atom. The Labute approximate surface area is 374 Å². The lowest BCUT2D eigenvalue weighted by atomic mass is 9.63. The van der Waals surface area contributed by atoms with E-state index in [2.05, 4.69) is 4.74 Å². The zero-order chi connectivity index (χ0) is 48.5. The first-order valence-corrected chi connectivity index (χ1v) is 20.0. The Kier molecular flexibility index (Phi) is 12.2. The highest BCUT2D eigenvalue weighted by Gasteiger charge is 2.50. The molecule has 67 heavy (non-hydrogen) atoms. The maximum atomic E-state index is 14.8. The number of aromatic carboxylic acids is 2. The second-order valence-electron chi connectivity index (χ2n) is 15.9. The van der Waals surface area contributed by atoms with Gasteiger partial charge in [-0.25, -0.2) is 19.2 Å². The third-order valence-electron chi connectivity index (χ3n) is 12.0. The second-order valence-corrected chi connectivity index (χ2v) is 15.9. The molecule has 23 nitrogen and oxygen atoms in total. The maximum Gasteiger partial charge on any atom is 0.417 e. The average molecular weight is 935 g/mol. The van der Waals surface area contributed by atoms with Crippen LogP contribution in [-0.2, 0) is 23.8 Å². The summed E-state index contributed by atoms with van der Waals surface area (Å²) in [6.07, 6.45) is -18.9. The molecule has 4 aliphatic rings. The number of aromatic hydroxyl groups is 2. The van der Waals surface area contributed by atoms with E-state index < -0.39 is 167 Å². The van der Waals surface area contributed by atoms with Gasteiger partial charge in [-0.3, -0.25) is 9.59 Å². The normalized spacial score (nSPS) is 28.5. The number of ether oxygens (including phenoxy) is 5. The summed E-state index contributed by atoms with van der Waals surface area (Å²) in [6, 6.07) is 11.5. The van der Waals surface area contributed by atoms with Crippen molar-refractivity contribution in [2.24, 2.45) is 0 Å². The van der Waals surface area contributed by atoms with Crippen molar-refractivity contribution >= 4 is 35.4 Å². The number of fused-ring (bicyclic) bond motifs is 4. The van der Waals surface area contributed by atoms with E-state index in [9.17, 15) is 84.9 Å². The van der Waals surface area contributed by atoms with Crippen molar-refractivity contribution in [3.05, 3.63) is 116 Å². The summed E-state index contributed by atoms with van der Waals surface area (Å²) in [5.74, 6) is -14.5. The van der Waals surface area contributed by atoms with Crippen LogP contribution in [-0.4, -0.2) is 171 Å². The smallest absolute Gasteiger partial charge is 0.417 e. The lowest BCUT2D eigenvalue weighted by Crippen LogP contribution is -2.60. The number of carboxylic acid groups (broad SMARTS) is 3. The first-order valence-electron chi connectivity index (χ1n) is 20.0. The van der Waals surface area contributed by atoms with Gasteiger partial charge in [0.1, 0.15) is 78.4 Å². The molecule has 0 radical (unpaired) electrons. The molecule has 2 aliphatic carbocycles. The van der Waals surface area contributed by atoms with Gasteiger partial charge < -0.3 is 85.0 Å². The molecule has 0 unspecified atom stereocenters. The number of aliphatic hydroxyl groups excluding tert-OH is 7. The minimum atomic E-state index is -2.10. The van der Waals surface area contributed by atoms with Gasteiger partial charge in [-0.15, -0.1) is 0 Å². The van der Waals surface area contributed by atoms with Crippen LogP contribution >= 0.6 is 0 Å². The van der Waals surface area contributed by atoms with Crippen molar-refractivity contribution in [3.8, 4) is 23.0 Å². The molecule has 0 amide bonds. The highest BCUT2D eigenvalue weighted by atomic mass is 16.7. The minimum Gasteiger partial charge on any atom is -0.507 e. The van der Waals surface area contributed by atoms with Gasteiger partial charge in [0.25, 0.3) is 0 Å². The number of ketones is 2. The number of hydrogen-bond acceptors (Lipinski definition) is 20. The lowest BCUT2D eigenvalue weighted by Gasteiger charge is -2.41. The molecular formula is C44H38O23. The molecule has 2 saturated heterocycles. The molecule has 8 rings (SSSR count). The number of aliphatic carboxylic acids is 1. The van der Waals surface area contributed by atoms with E-state index in [4.69, 9.17) is 24.1 Å². The number of aliphatic hydroxyl groups is 7. The van der Waals surface area contributed by atoms with Crippen LogP contribution < -0.4 is 9.47 Å². The van der Waals surface area contributed by atoms with Crippen LogP contribution in [0.5, 0.6) is 23.0 Å². The fourth-order valence-corrected chi connectivity index (χ4v) is 8.92. The van der Waals surface area contributed by atoms with Crippen LogP contribution in [0.2, 0.25) is 0 Å². The Hall–Kier alpha value is -7.06. The first kappa shape index (κ1) is 46.5. The van der Waals surface area contributed by atoms with Crippen molar-refractivity contribution in [2.75, 3.05) is 13.2 Å².